The number of amides is 1. The molecule has 0 aliphatic rings. The van der Waals surface area contributed by atoms with Crippen molar-refractivity contribution in [2.24, 2.45) is 0 Å². The Morgan fingerprint density at radius 2 is 1.92 bits per heavy atom. The first-order chi connectivity index (χ1) is 12.6. The molecule has 0 bridgehead atoms. The van der Waals surface area contributed by atoms with Crippen LogP contribution in [0.2, 0.25) is 5.02 Å². The Kier molecular flexibility index (Phi) is 5.71. The number of nitrogens with zero attached hydrogens (tertiary/aromatic N) is 1. The highest BCUT2D eigenvalue weighted by molar-refractivity contribution is 6.30. The van der Waals surface area contributed by atoms with Crippen molar-refractivity contribution in [2.45, 2.75) is 6.54 Å². The summed E-state index contributed by atoms with van der Waals surface area (Å²) >= 11 is 5.86. The zero-order chi connectivity index (χ0) is 18.4. The minimum Gasteiger partial charge on any atom is -0.497 e. The van der Waals surface area contributed by atoms with Gasteiger partial charge in [0, 0.05) is 35.1 Å². The van der Waals surface area contributed by atoms with Crippen LogP contribution < -0.4 is 15.4 Å². The normalized spacial score (nSPS) is 10.2. The van der Waals surface area contributed by atoms with E-state index in [0.29, 0.717) is 22.9 Å². The van der Waals surface area contributed by atoms with Crippen molar-refractivity contribution in [1.29, 1.82) is 0 Å². The van der Waals surface area contributed by atoms with Crippen molar-refractivity contribution >= 4 is 29.0 Å². The third-order valence-corrected chi connectivity index (χ3v) is 3.98. The number of aromatic nitrogens is 1. The van der Waals surface area contributed by atoms with Crippen LogP contribution in [-0.4, -0.2) is 18.0 Å². The predicted octanol–water partition coefficient (Wildman–Crippen LogP) is 4.42. The molecule has 132 valence electrons. The SMILES string of the molecule is COc1cccc(Nc2cc(C(=O)NCc3ccc(Cl)cc3)ccn2)c1. The van der Waals surface area contributed by atoms with Gasteiger partial charge in [-0.25, -0.2) is 4.98 Å². The van der Waals surface area contributed by atoms with E-state index >= 15 is 0 Å². The van der Waals surface area contributed by atoms with Crippen LogP contribution in [0.4, 0.5) is 11.5 Å². The largest absolute Gasteiger partial charge is 0.497 e. The molecule has 0 radical (unpaired) electrons. The number of rotatable bonds is 6. The Labute approximate surface area is 157 Å². The molecule has 6 heteroatoms. The maximum atomic E-state index is 12.4. The van der Waals surface area contributed by atoms with Crippen molar-refractivity contribution in [3.05, 3.63) is 83.0 Å². The van der Waals surface area contributed by atoms with Crippen LogP contribution in [0.15, 0.2) is 66.9 Å². The van der Waals surface area contributed by atoms with Gasteiger partial charge in [0.05, 0.1) is 7.11 Å². The van der Waals surface area contributed by atoms with Crippen molar-refractivity contribution in [1.82, 2.24) is 10.3 Å². The average molecular weight is 368 g/mol. The lowest BCUT2D eigenvalue weighted by Gasteiger charge is -2.09. The lowest BCUT2D eigenvalue weighted by Crippen LogP contribution is -2.22. The molecule has 0 fully saturated rings. The Balaban J connectivity index is 1.65. The van der Waals surface area contributed by atoms with Crippen LogP contribution in [0.1, 0.15) is 15.9 Å². The third kappa shape index (κ3) is 4.74. The highest BCUT2D eigenvalue weighted by Crippen LogP contribution is 2.20. The number of nitrogens with one attached hydrogen (secondary N) is 2. The molecule has 0 saturated heterocycles. The highest BCUT2D eigenvalue weighted by Gasteiger charge is 2.07. The topological polar surface area (TPSA) is 63.2 Å². The predicted molar refractivity (Wildman–Crippen MR) is 103 cm³/mol. The van der Waals surface area contributed by atoms with Gasteiger partial charge in [-0.15, -0.1) is 0 Å². The quantitative estimate of drug-likeness (QED) is 0.677. The number of anilines is 2. The first-order valence-electron chi connectivity index (χ1n) is 8.04. The molecule has 2 aromatic carbocycles. The van der Waals surface area contributed by atoms with Gasteiger partial charge in [0.2, 0.25) is 0 Å². The van der Waals surface area contributed by atoms with Gasteiger partial charge in [0.1, 0.15) is 11.6 Å². The fourth-order valence-corrected chi connectivity index (χ4v) is 2.50. The van der Waals surface area contributed by atoms with E-state index in [1.165, 1.54) is 0 Å². The van der Waals surface area contributed by atoms with Crippen LogP contribution in [-0.2, 0) is 6.54 Å². The van der Waals surface area contributed by atoms with Gasteiger partial charge in [0.25, 0.3) is 5.91 Å². The number of halogens is 1. The summed E-state index contributed by atoms with van der Waals surface area (Å²) in [6.07, 6.45) is 1.60. The minimum absolute atomic E-state index is 0.170. The minimum atomic E-state index is -0.170. The Morgan fingerprint density at radius 3 is 2.69 bits per heavy atom. The number of carbonyl (C=O) groups excluding carboxylic acids is 1. The van der Waals surface area contributed by atoms with E-state index < -0.39 is 0 Å². The van der Waals surface area contributed by atoms with E-state index in [0.717, 1.165) is 17.0 Å². The molecule has 0 spiro atoms. The average Bonchev–Trinajstić information content (AvgIpc) is 2.67. The van der Waals surface area contributed by atoms with E-state index in [2.05, 4.69) is 15.6 Å². The van der Waals surface area contributed by atoms with E-state index in [4.69, 9.17) is 16.3 Å². The second-order valence-electron chi connectivity index (χ2n) is 5.60. The monoisotopic (exact) mass is 367 g/mol. The molecule has 1 aromatic heterocycles. The fraction of sp³-hybridized carbons (Fsp3) is 0.100. The van der Waals surface area contributed by atoms with Crippen molar-refractivity contribution in [3.63, 3.8) is 0 Å². The molecule has 0 unspecified atom stereocenters. The zero-order valence-electron chi connectivity index (χ0n) is 14.2. The van der Waals surface area contributed by atoms with Gasteiger partial charge < -0.3 is 15.4 Å². The number of pyridine rings is 1. The summed E-state index contributed by atoms with van der Waals surface area (Å²) in [6, 6.07) is 18.2. The highest BCUT2D eigenvalue weighted by atomic mass is 35.5. The molecule has 0 atom stereocenters. The number of methoxy groups -OCH3 is 1. The smallest absolute Gasteiger partial charge is 0.251 e. The summed E-state index contributed by atoms with van der Waals surface area (Å²) in [5.74, 6) is 1.15. The third-order valence-electron chi connectivity index (χ3n) is 3.73. The molecule has 1 amide bonds. The summed E-state index contributed by atoms with van der Waals surface area (Å²) in [7, 11) is 1.61. The molecule has 0 aliphatic carbocycles. The number of carbonyl (C=O) groups is 1. The molecule has 3 rings (SSSR count). The van der Waals surface area contributed by atoms with Crippen LogP contribution in [0.5, 0.6) is 5.75 Å². The molecule has 0 aliphatic heterocycles. The molecule has 2 N–H and O–H groups in total. The van der Waals surface area contributed by atoms with E-state index in [9.17, 15) is 4.79 Å². The van der Waals surface area contributed by atoms with Crippen LogP contribution in [0.3, 0.4) is 0 Å². The van der Waals surface area contributed by atoms with Gasteiger partial charge in [-0.3, -0.25) is 4.79 Å². The molecular weight excluding hydrogens is 350 g/mol. The fourth-order valence-electron chi connectivity index (χ4n) is 2.38. The molecular formula is C20H18ClN3O2. The van der Waals surface area contributed by atoms with Crippen LogP contribution in [0.25, 0.3) is 0 Å². The van der Waals surface area contributed by atoms with Gasteiger partial charge in [-0.1, -0.05) is 29.8 Å². The summed E-state index contributed by atoms with van der Waals surface area (Å²) < 4.78 is 5.20. The maximum absolute atomic E-state index is 12.4. The number of benzene rings is 2. The summed E-state index contributed by atoms with van der Waals surface area (Å²) in [5.41, 5.74) is 2.33. The zero-order valence-corrected chi connectivity index (χ0v) is 15.0. The molecule has 1 heterocycles. The number of ether oxygens (including phenoxy) is 1. The maximum Gasteiger partial charge on any atom is 0.251 e. The first-order valence-corrected chi connectivity index (χ1v) is 8.41. The number of hydrogen-bond acceptors (Lipinski definition) is 4. The molecule has 5 nitrogen and oxygen atoms in total. The van der Waals surface area contributed by atoms with Crippen LogP contribution >= 0.6 is 11.6 Å². The lowest BCUT2D eigenvalue weighted by molar-refractivity contribution is 0.0951. The molecule has 3 aromatic rings. The lowest BCUT2D eigenvalue weighted by atomic mass is 10.2. The summed E-state index contributed by atoms with van der Waals surface area (Å²) in [5, 5.41) is 6.72. The Hall–Kier alpha value is -3.05. The Bertz CT molecular complexity index is 898. The van der Waals surface area contributed by atoms with Gasteiger partial charge in [0.15, 0.2) is 0 Å². The van der Waals surface area contributed by atoms with E-state index in [1.807, 2.05) is 36.4 Å². The van der Waals surface area contributed by atoms with E-state index in [-0.39, 0.29) is 5.91 Å². The second kappa shape index (κ2) is 8.36. The van der Waals surface area contributed by atoms with E-state index in [1.54, 1.807) is 37.6 Å². The Morgan fingerprint density at radius 1 is 1.12 bits per heavy atom. The number of hydrogen-bond donors (Lipinski definition) is 2. The summed E-state index contributed by atoms with van der Waals surface area (Å²) in [4.78, 5) is 16.6. The van der Waals surface area contributed by atoms with Crippen molar-refractivity contribution in [2.75, 3.05) is 12.4 Å². The van der Waals surface area contributed by atoms with Gasteiger partial charge >= 0.3 is 0 Å². The van der Waals surface area contributed by atoms with Crippen molar-refractivity contribution in [3.8, 4) is 5.75 Å². The second-order valence-corrected chi connectivity index (χ2v) is 6.03. The standard InChI is InChI=1S/C20H18ClN3O2/c1-26-18-4-2-3-17(12-18)24-19-11-15(9-10-22-19)20(25)23-13-14-5-7-16(21)8-6-14/h2-12H,13H2,1H3,(H,22,24)(H,23,25). The first kappa shape index (κ1) is 17.8. The van der Waals surface area contributed by atoms with Gasteiger partial charge in [-0.2, -0.15) is 0 Å². The molecule has 0 saturated carbocycles. The van der Waals surface area contributed by atoms with Gasteiger partial charge in [-0.05, 0) is 42.0 Å². The van der Waals surface area contributed by atoms with Crippen molar-refractivity contribution < 1.29 is 9.53 Å². The molecule has 26 heavy (non-hydrogen) atoms. The summed E-state index contributed by atoms with van der Waals surface area (Å²) in [6.45, 7) is 0.428. The van der Waals surface area contributed by atoms with Crippen LogP contribution in [0, 0.1) is 0 Å².